The first-order valence-corrected chi connectivity index (χ1v) is 6.83. The molecule has 2 atom stereocenters. The molecule has 0 aliphatic carbocycles. The van der Waals surface area contributed by atoms with Gasteiger partial charge in [-0.3, -0.25) is 4.79 Å². The van der Waals surface area contributed by atoms with Crippen molar-refractivity contribution in [3.05, 3.63) is 28.3 Å². The van der Waals surface area contributed by atoms with Crippen LogP contribution in [0.25, 0.3) is 0 Å². The van der Waals surface area contributed by atoms with E-state index in [0.29, 0.717) is 29.4 Å². The molecule has 0 bridgehead atoms. The summed E-state index contributed by atoms with van der Waals surface area (Å²) in [6.07, 6.45) is 0.0252. The molecule has 0 saturated carbocycles. The van der Waals surface area contributed by atoms with Crippen LogP contribution in [0.5, 0.6) is 5.75 Å². The number of nitrogens with one attached hydrogen (secondary N) is 1. The van der Waals surface area contributed by atoms with E-state index in [2.05, 4.69) is 5.32 Å². The molecule has 0 saturated heterocycles. The van der Waals surface area contributed by atoms with Crippen LogP contribution in [0.1, 0.15) is 36.6 Å². The average molecular weight is 300 g/mol. The van der Waals surface area contributed by atoms with E-state index in [1.54, 1.807) is 13.0 Å². The molecule has 1 amide bonds. The molecule has 1 aliphatic heterocycles. The van der Waals surface area contributed by atoms with Crippen LogP contribution in [0.2, 0.25) is 5.02 Å². The molecular formula is C14H18ClNO4. The molecule has 110 valence electrons. The minimum Gasteiger partial charge on any atom is -0.492 e. The largest absolute Gasteiger partial charge is 0.492 e. The monoisotopic (exact) mass is 299 g/mol. The first-order valence-electron chi connectivity index (χ1n) is 6.45. The van der Waals surface area contributed by atoms with E-state index in [9.17, 15) is 9.90 Å². The number of ether oxygens (including phenoxy) is 2. The van der Waals surface area contributed by atoms with Gasteiger partial charge >= 0.3 is 0 Å². The molecule has 6 heteroatoms. The Morgan fingerprint density at radius 3 is 3.05 bits per heavy atom. The topological polar surface area (TPSA) is 67.8 Å². The third-order valence-corrected chi connectivity index (χ3v) is 3.50. The first-order chi connectivity index (χ1) is 9.52. The highest BCUT2D eigenvalue weighted by molar-refractivity contribution is 6.32. The van der Waals surface area contributed by atoms with Crippen LogP contribution in [-0.2, 0) is 9.53 Å². The quantitative estimate of drug-likeness (QED) is 0.892. The number of methoxy groups -OCH3 is 1. The van der Waals surface area contributed by atoms with Gasteiger partial charge in [-0.2, -0.15) is 0 Å². The zero-order chi connectivity index (χ0) is 14.7. The number of aliphatic hydroxyl groups excluding tert-OH is 1. The van der Waals surface area contributed by atoms with Crippen LogP contribution in [0.3, 0.4) is 0 Å². The Bertz CT molecular complexity index is 504. The van der Waals surface area contributed by atoms with Crippen LogP contribution < -0.4 is 10.1 Å². The Kier molecular flexibility index (Phi) is 4.86. The normalized spacial score (nSPS) is 18.9. The Morgan fingerprint density at radius 1 is 1.65 bits per heavy atom. The molecular weight excluding hydrogens is 282 g/mol. The minimum absolute atomic E-state index is 0.0104. The van der Waals surface area contributed by atoms with Gasteiger partial charge in [0.1, 0.15) is 12.4 Å². The fourth-order valence-electron chi connectivity index (χ4n) is 2.24. The van der Waals surface area contributed by atoms with Crippen LogP contribution in [0.4, 0.5) is 0 Å². The van der Waals surface area contributed by atoms with Crippen molar-refractivity contribution in [2.75, 3.05) is 20.3 Å². The summed E-state index contributed by atoms with van der Waals surface area (Å²) >= 11 is 6.18. The van der Waals surface area contributed by atoms with Crippen molar-refractivity contribution in [1.29, 1.82) is 0 Å². The Balaban J connectivity index is 2.31. The number of benzene rings is 1. The number of halogens is 1. The van der Waals surface area contributed by atoms with Crippen molar-refractivity contribution in [1.82, 2.24) is 5.32 Å². The third kappa shape index (κ3) is 3.23. The summed E-state index contributed by atoms with van der Waals surface area (Å²) < 4.78 is 10.4. The molecule has 0 aromatic heterocycles. The number of hydrogen-bond donors (Lipinski definition) is 2. The number of amides is 1. The van der Waals surface area contributed by atoms with Crippen molar-refractivity contribution in [3.63, 3.8) is 0 Å². The molecule has 0 spiro atoms. The van der Waals surface area contributed by atoms with Gasteiger partial charge in [0.2, 0.25) is 5.91 Å². The zero-order valence-electron chi connectivity index (χ0n) is 11.5. The summed E-state index contributed by atoms with van der Waals surface area (Å²) in [7, 11) is 1.47. The van der Waals surface area contributed by atoms with E-state index in [1.807, 2.05) is 6.07 Å². The highest BCUT2D eigenvalue weighted by Gasteiger charge is 2.26. The van der Waals surface area contributed by atoms with Crippen LogP contribution >= 0.6 is 11.6 Å². The van der Waals surface area contributed by atoms with E-state index >= 15 is 0 Å². The maximum absolute atomic E-state index is 11.7. The summed E-state index contributed by atoms with van der Waals surface area (Å²) in [5.74, 6) is 0.383. The Labute approximate surface area is 122 Å². The average Bonchev–Trinajstić information content (AvgIpc) is 2.39. The molecule has 1 aliphatic rings. The first kappa shape index (κ1) is 15.1. The number of rotatable bonds is 4. The van der Waals surface area contributed by atoms with Gasteiger partial charge in [0.25, 0.3) is 0 Å². The fraction of sp³-hybridized carbons (Fsp3) is 0.500. The van der Waals surface area contributed by atoms with Gasteiger partial charge in [0.15, 0.2) is 0 Å². The summed E-state index contributed by atoms with van der Waals surface area (Å²) in [5, 5.41) is 13.0. The lowest BCUT2D eigenvalue weighted by Crippen LogP contribution is -2.34. The van der Waals surface area contributed by atoms with E-state index in [4.69, 9.17) is 21.1 Å². The standard InChI is InChI=1S/C14H18ClNO4/c1-8(17)9-5-10-12(16-13(18)7-19-2)3-4-20-14(10)11(15)6-9/h5-6,8,12,17H,3-4,7H2,1-2H3,(H,16,18). The Hall–Kier alpha value is -1.30. The molecule has 2 rings (SSSR count). The maximum atomic E-state index is 11.7. The van der Waals surface area contributed by atoms with Gasteiger partial charge in [-0.1, -0.05) is 11.6 Å². The van der Waals surface area contributed by atoms with E-state index in [1.165, 1.54) is 7.11 Å². The number of fused-ring (bicyclic) bond motifs is 1. The van der Waals surface area contributed by atoms with Crippen molar-refractivity contribution < 1.29 is 19.4 Å². The second-order valence-corrected chi connectivity index (χ2v) is 5.19. The van der Waals surface area contributed by atoms with E-state index in [0.717, 1.165) is 5.56 Å². The minimum atomic E-state index is -0.630. The van der Waals surface area contributed by atoms with Gasteiger partial charge in [-0.05, 0) is 24.6 Å². The van der Waals surface area contributed by atoms with Crippen molar-refractivity contribution in [2.24, 2.45) is 0 Å². The van der Waals surface area contributed by atoms with Gasteiger partial charge in [-0.25, -0.2) is 0 Å². The number of hydrogen-bond acceptors (Lipinski definition) is 4. The maximum Gasteiger partial charge on any atom is 0.246 e. The molecule has 2 unspecified atom stereocenters. The van der Waals surface area contributed by atoms with Gasteiger partial charge in [-0.15, -0.1) is 0 Å². The summed E-state index contributed by atoms with van der Waals surface area (Å²) in [6.45, 7) is 2.16. The molecule has 0 radical (unpaired) electrons. The lowest BCUT2D eigenvalue weighted by Gasteiger charge is -2.28. The number of aliphatic hydroxyl groups is 1. The van der Waals surface area contributed by atoms with Crippen LogP contribution in [-0.4, -0.2) is 31.3 Å². The van der Waals surface area contributed by atoms with Crippen LogP contribution in [0.15, 0.2) is 12.1 Å². The zero-order valence-corrected chi connectivity index (χ0v) is 12.2. The lowest BCUT2D eigenvalue weighted by atomic mass is 9.96. The molecule has 5 nitrogen and oxygen atoms in total. The SMILES string of the molecule is COCC(=O)NC1CCOc2c(Cl)cc(C(C)O)cc21. The van der Waals surface area contributed by atoms with E-state index < -0.39 is 6.10 Å². The van der Waals surface area contributed by atoms with Gasteiger partial charge in [0, 0.05) is 19.1 Å². The van der Waals surface area contributed by atoms with Gasteiger partial charge < -0.3 is 19.9 Å². The smallest absolute Gasteiger partial charge is 0.246 e. The van der Waals surface area contributed by atoms with Gasteiger partial charge in [0.05, 0.1) is 23.8 Å². The van der Waals surface area contributed by atoms with E-state index in [-0.39, 0.29) is 18.6 Å². The second-order valence-electron chi connectivity index (χ2n) is 4.79. The number of carbonyl (C=O) groups excluding carboxylic acids is 1. The third-order valence-electron chi connectivity index (χ3n) is 3.22. The predicted molar refractivity (Wildman–Crippen MR) is 75.0 cm³/mol. The molecule has 1 aromatic rings. The van der Waals surface area contributed by atoms with Crippen molar-refractivity contribution in [3.8, 4) is 5.75 Å². The predicted octanol–water partition coefficient (Wildman–Crippen LogP) is 1.98. The molecule has 20 heavy (non-hydrogen) atoms. The molecule has 0 fully saturated rings. The highest BCUT2D eigenvalue weighted by Crippen LogP contribution is 2.39. The highest BCUT2D eigenvalue weighted by atomic mass is 35.5. The van der Waals surface area contributed by atoms with Crippen molar-refractivity contribution in [2.45, 2.75) is 25.5 Å². The summed E-state index contributed by atoms with van der Waals surface area (Å²) in [5.41, 5.74) is 1.49. The Morgan fingerprint density at radius 2 is 2.40 bits per heavy atom. The molecule has 1 heterocycles. The molecule has 1 aromatic carbocycles. The molecule has 2 N–H and O–H groups in total. The summed E-state index contributed by atoms with van der Waals surface area (Å²) in [6, 6.07) is 3.32. The summed E-state index contributed by atoms with van der Waals surface area (Å²) in [4.78, 5) is 11.7. The lowest BCUT2D eigenvalue weighted by molar-refractivity contribution is -0.125. The van der Waals surface area contributed by atoms with Crippen molar-refractivity contribution >= 4 is 17.5 Å². The number of carbonyl (C=O) groups is 1. The second kappa shape index (κ2) is 6.43. The fourth-order valence-corrected chi connectivity index (χ4v) is 2.53. The van der Waals surface area contributed by atoms with Crippen LogP contribution in [0, 0.1) is 0 Å².